The molecule has 1 atom stereocenters. The van der Waals surface area contributed by atoms with Crippen LogP contribution in [0, 0.1) is 5.92 Å². The summed E-state index contributed by atoms with van der Waals surface area (Å²) in [6.07, 6.45) is 6.34. The van der Waals surface area contributed by atoms with E-state index in [0.717, 1.165) is 12.5 Å². The second-order valence-corrected chi connectivity index (χ2v) is 4.39. The normalized spacial score (nSPS) is 22.6. The number of nitrogens with one attached hydrogen (secondary N) is 1. The van der Waals surface area contributed by atoms with Gasteiger partial charge in [-0.25, -0.2) is 0 Å². The van der Waals surface area contributed by atoms with Gasteiger partial charge in [0.2, 0.25) is 0 Å². The van der Waals surface area contributed by atoms with Crippen molar-refractivity contribution in [3.63, 3.8) is 0 Å². The van der Waals surface area contributed by atoms with Crippen LogP contribution in [0.3, 0.4) is 0 Å². The summed E-state index contributed by atoms with van der Waals surface area (Å²) < 4.78 is 0. The van der Waals surface area contributed by atoms with Crippen molar-refractivity contribution in [1.82, 2.24) is 9.88 Å². The molecule has 1 saturated heterocycles. The van der Waals surface area contributed by atoms with Crippen molar-refractivity contribution in [3.8, 4) is 0 Å². The van der Waals surface area contributed by atoms with E-state index in [1.165, 1.54) is 31.6 Å². The molecule has 1 aromatic rings. The van der Waals surface area contributed by atoms with E-state index in [2.05, 4.69) is 22.2 Å². The Morgan fingerprint density at radius 3 is 3.00 bits per heavy atom. The van der Waals surface area contributed by atoms with Crippen LogP contribution in [-0.4, -0.2) is 36.6 Å². The van der Waals surface area contributed by atoms with Crippen LogP contribution >= 0.6 is 0 Å². The maximum Gasteiger partial charge on any atom is 0.0371 e. The van der Waals surface area contributed by atoms with Gasteiger partial charge in [0.25, 0.3) is 0 Å². The Labute approximate surface area is 91.5 Å². The van der Waals surface area contributed by atoms with Crippen LogP contribution in [0.15, 0.2) is 24.5 Å². The molecule has 2 rings (SSSR count). The predicted molar refractivity (Wildman–Crippen MR) is 62.9 cm³/mol. The Kier molecular flexibility index (Phi) is 3.56. The van der Waals surface area contributed by atoms with E-state index >= 15 is 0 Å². The first kappa shape index (κ1) is 10.4. The number of hydrogen-bond acceptors (Lipinski definition) is 3. The minimum atomic E-state index is 0.789. The zero-order valence-corrected chi connectivity index (χ0v) is 9.32. The summed E-state index contributed by atoms with van der Waals surface area (Å²) in [7, 11) is 2.21. The monoisotopic (exact) mass is 205 g/mol. The fourth-order valence-electron chi connectivity index (χ4n) is 2.17. The number of piperidine rings is 1. The highest BCUT2D eigenvalue weighted by Crippen LogP contribution is 2.15. The second kappa shape index (κ2) is 5.12. The predicted octanol–water partition coefficient (Wildman–Crippen LogP) is 1.84. The van der Waals surface area contributed by atoms with Gasteiger partial charge in [-0.1, -0.05) is 0 Å². The fourth-order valence-corrected chi connectivity index (χ4v) is 2.17. The van der Waals surface area contributed by atoms with Crippen molar-refractivity contribution >= 4 is 5.69 Å². The van der Waals surface area contributed by atoms with E-state index in [0.29, 0.717) is 0 Å². The number of hydrogen-bond donors (Lipinski definition) is 1. The van der Waals surface area contributed by atoms with E-state index in [1.807, 2.05) is 24.5 Å². The summed E-state index contributed by atoms with van der Waals surface area (Å²) in [6.45, 7) is 3.55. The lowest BCUT2D eigenvalue weighted by Gasteiger charge is -2.29. The zero-order chi connectivity index (χ0) is 10.5. The summed E-state index contributed by atoms with van der Waals surface area (Å²) in [6, 6.07) is 4.04. The van der Waals surface area contributed by atoms with Gasteiger partial charge in [-0.15, -0.1) is 0 Å². The molecule has 0 radical (unpaired) electrons. The van der Waals surface area contributed by atoms with E-state index in [-0.39, 0.29) is 0 Å². The topological polar surface area (TPSA) is 28.2 Å². The van der Waals surface area contributed by atoms with Gasteiger partial charge < -0.3 is 10.2 Å². The fraction of sp³-hybridized carbons (Fsp3) is 0.583. The molecule has 1 aromatic heterocycles. The van der Waals surface area contributed by atoms with Crippen LogP contribution in [0.1, 0.15) is 12.8 Å². The summed E-state index contributed by atoms with van der Waals surface area (Å²) in [5.41, 5.74) is 1.18. The van der Waals surface area contributed by atoms with Crippen molar-refractivity contribution in [3.05, 3.63) is 24.5 Å². The number of nitrogens with zero attached hydrogens (tertiary/aromatic N) is 2. The van der Waals surface area contributed by atoms with Crippen molar-refractivity contribution < 1.29 is 0 Å². The summed E-state index contributed by atoms with van der Waals surface area (Å²) in [5, 5.41) is 3.47. The number of pyridine rings is 1. The lowest BCUT2D eigenvalue weighted by Crippen LogP contribution is -2.35. The SMILES string of the molecule is CN1CCCC(CNc2ccncc2)C1. The summed E-state index contributed by atoms with van der Waals surface area (Å²) >= 11 is 0. The third-order valence-electron chi connectivity index (χ3n) is 3.00. The summed E-state index contributed by atoms with van der Waals surface area (Å²) in [4.78, 5) is 6.42. The molecule has 3 heteroatoms. The Morgan fingerprint density at radius 1 is 1.47 bits per heavy atom. The van der Waals surface area contributed by atoms with Gasteiger partial charge in [-0.2, -0.15) is 0 Å². The molecular weight excluding hydrogens is 186 g/mol. The van der Waals surface area contributed by atoms with Gasteiger partial charge in [-0.05, 0) is 44.5 Å². The van der Waals surface area contributed by atoms with E-state index < -0.39 is 0 Å². The molecule has 15 heavy (non-hydrogen) atoms. The average Bonchev–Trinajstić information content (AvgIpc) is 2.28. The molecule has 0 bridgehead atoms. The van der Waals surface area contributed by atoms with Crippen molar-refractivity contribution in [2.75, 3.05) is 32.0 Å². The van der Waals surface area contributed by atoms with Crippen molar-refractivity contribution in [2.24, 2.45) is 5.92 Å². The van der Waals surface area contributed by atoms with E-state index in [4.69, 9.17) is 0 Å². The van der Waals surface area contributed by atoms with Crippen LogP contribution < -0.4 is 5.32 Å². The van der Waals surface area contributed by atoms with Gasteiger partial charge in [0.1, 0.15) is 0 Å². The second-order valence-electron chi connectivity index (χ2n) is 4.39. The van der Waals surface area contributed by atoms with Gasteiger partial charge in [0, 0.05) is 31.2 Å². The molecule has 0 spiro atoms. The molecule has 0 saturated carbocycles. The minimum Gasteiger partial charge on any atom is -0.385 e. The van der Waals surface area contributed by atoms with Gasteiger partial charge in [0.05, 0.1) is 0 Å². The third kappa shape index (κ3) is 3.20. The number of rotatable bonds is 3. The molecule has 3 nitrogen and oxygen atoms in total. The first-order chi connectivity index (χ1) is 7.34. The van der Waals surface area contributed by atoms with Crippen LogP contribution in [0.25, 0.3) is 0 Å². The lowest BCUT2D eigenvalue weighted by atomic mass is 9.98. The van der Waals surface area contributed by atoms with Crippen LogP contribution in [-0.2, 0) is 0 Å². The smallest absolute Gasteiger partial charge is 0.0371 e. The highest BCUT2D eigenvalue weighted by molar-refractivity contribution is 5.40. The first-order valence-electron chi connectivity index (χ1n) is 5.67. The van der Waals surface area contributed by atoms with Crippen molar-refractivity contribution in [1.29, 1.82) is 0 Å². The standard InChI is InChI=1S/C12H19N3/c1-15-8-2-3-11(10-15)9-14-12-4-6-13-7-5-12/h4-7,11H,2-3,8-10H2,1H3,(H,13,14). The molecule has 1 aliphatic rings. The number of anilines is 1. The molecule has 0 aliphatic carbocycles. The third-order valence-corrected chi connectivity index (χ3v) is 3.00. The van der Waals surface area contributed by atoms with E-state index in [9.17, 15) is 0 Å². The Hall–Kier alpha value is -1.09. The van der Waals surface area contributed by atoms with Gasteiger partial charge >= 0.3 is 0 Å². The molecule has 82 valence electrons. The van der Waals surface area contributed by atoms with Crippen LogP contribution in [0.2, 0.25) is 0 Å². The number of likely N-dealkylation sites (tertiary alicyclic amines) is 1. The lowest BCUT2D eigenvalue weighted by molar-refractivity contribution is 0.217. The quantitative estimate of drug-likeness (QED) is 0.816. The van der Waals surface area contributed by atoms with Crippen LogP contribution in [0.5, 0.6) is 0 Å². The Bertz CT molecular complexity index is 286. The molecule has 0 aromatic carbocycles. The summed E-state index contributed by atoms with van der Waals surface area (Å²) in [5.74, 6) is 0.789. The largest absolute Gasteiger partial charge is 0.385 e. The van der Waals surface area contributed by atoms with Crippen LogP contribution in [0.4, 0.5) is 5.69 Å². The molecule has 0 amide bonds. The maximum atomic E-state index is 4.00. The van der Waals surface area contributed by atoms with E-state index in [1.54, 1.807) is 0 Å². The first-order valence-corrected chi connectivity index (χ1v) is 5.67. The molecule has 2 heterocycles. The van der Waals surface area contributed by atoms with Gasteiger partial charge in [0.15, 0.2) is 0 Å². The maximum absolute atomic E-state index is 4.00. The molecule has 1 fully saturated rings. The highest BCUT2D eigenvalue weighted by atomic mass is 15.1. The average molecular weight is 205 g/mol. The Balaban J connectivity index is 1.78. The molecule has 1 unspecified atom stereocenters. The zero-order valence-electron chi connectivity index (χ0n) is 9.32. The Morgan fingerprint density at radius 2 is 2.27 bits per heavy atom. The minimum absolute atomic E-state index is 0.789. The molecule has 1 aliphatic heterocycles. The van der Waals surface area contributed by atoms with Crippen molar-refractivity contribution in [2.45, 2.75) is 12.8 Å². The highest BCUT2D eigenvalue weighted by Gasteiger charge is 2.16. The van der Waals surface area contributed by atoms with Gasteiger partial charge in [-0.3, -0.25) is 4.98 Å². The number of aromatic nitrogens is 1. The molecule has 1 N–H and O–H groups in total. The molecular formula is C12H19N3.